The SMILES string of the molecule is COc1ccc(NC(=O)[C@@H](N)CO)cc1NS(=O)(=O)c1ccc(-c2ccc(C)o2)c(F)c1. The molecule has 0 radical (unpaired) electrons. The molecule has 0 unspecified atom stereocenters. The molecular formula is C21H22FN3O6S. The van der Waals surface area contributed by atoms with Crippen LogP contribution in [0.1, 0.15) is 5.76 Å². The van der Waals surface area contributed by atoms with Crippen LogP contribution in [0.5, 0.6) is 5.75 Å². The number of anilines is 2. The molecule has 9 nitrogen and oxygen atoms in total. The van der Waals surface area contributed by atoms with Crippen molar-refractivity contribution >= 4 is 27.3 Å². The van der Waals surface area contributed by atoms with Crippen LogP contribution in [-0.2, 0) is 14.8 Å². The fourth-order valence-electron chi connectivity index (χ4n) is 2.83. The van der Waals surface area contributed by atoms with Crippen molar-refractivity contribution in [3.8, 4) is 17.1 Å². The highest BCUT2D eigenvalue weighted by Gasteiger charge is 2.21. The Bertz CT molecular complexity index is 1240. The van der Waals surface area contributed by atoms with E-state index >= 15 is 0 Å². The molecule has 3 aromatic rings. The number of nitrogens with two attached hydrogens (primary N) is 1. The minimum absolute atomic E-state index is 0.00835. The molecule has 2 aromatic carbocycles. The number of rotatable bonds is 8. The zero-order chi connectivity index (χ0) is 23.5. The third-order valence-corrected chi connectivity index (χ3v) is 5.86. The second kappa shape index (κ2) is 9.39. The molecule has 0 saturated carbocycles. The van der Waals surface area contributed by atoms with Crippen LogP contribution in [0.15, 0.2) is 57.8 Å². The molecule has 3 rings (SSSR count). The molecule has 0 aliphatic heterocycles. The van der Waals surface area contributed by atoms with E-state index in [1.807, 2.05) is 0 Å². The van der Waals surface area contributed by atoms with Crippen LogP contribution in [0, 0.1) is 12.7 Å². The smallest absolute Gasteiger partial charge is 0.262 e. The first kappa shape index (κ1) is 23.3. The number of aryl methyl sites for hydroxylation is 1. The second-order valence-corrected chi connectivity index (χ2v) is 8.53. The summed E-state index contributed by atoms with van der Waals surface area (Å²) in [4.78, 5) is 11.6. The van der Waals surface area contributed by atoms with Crippen LogP contribution in [0.2, 0.25) is 0 Å². The summed E-state index contributed by atoms with van der Waals surface area (Å²) in [7, 11) is -2.87. The molecule has 0 saturated heterocycles. The standard InChI is InChI=1S/C21H22FN3O6S/c1-12-3-7-19(31-12)15-6-5-14(10-16(15)22)32(28,29)25-18-9-13(4-8-20(18)30-2)24-21(27)17(23)11-26/h3-10,17,25-26H,11,23H2,1-2H3,(H,24,27)/t17-/m0/s1. The first-order chi connectivity index (χ1) is 15.1. The lowest BCUT2D eigenvalue weighted by Crippen LogP contribution is -2.38. The van der Waals surface area contributed by atoms with E-state index < -0.39 is 34.4 Å². The van der Waals surface area contributed by atoms with Crippen LogP contribution in [0.25, 0.3) is 11.3 Å². The fourth-order valence-corrected chi connectivity index (χ4v) is 3.90. The van der Waals surface area contributed by atoms with E-state index in [4.69, 9.17) is 20.0 Å². The van der Waals surface area contributed by atoms with E-state index in [0.717, 1.165) is 6.07 Å². The third-order valence-electron chi connectivity index (χ3n) is 4.50. The van der Waals surface area contributed by atoms with Crippen LogP contribution in [-0.4, -0.2) is 39.2 Å². The van der Waals surface area contributed by atoms with Crippen LogP contribution < -0.4 is 20.5 Å². The summed E-state index contributed by atoms with van der Waals surface area (Å²) >= 11 is 0. The zero-order valence-electron chi connectivity index (χ0n) is 17.3. The molecule has 170 valence electrons. The largest absolute Gasteiger partial charge is 0.495 e. The highest BCUT2D eigenvalue weighted by atomic mass is 32.2. The Morgan fingerprint density at radius 2 is 1.97 bits per heavy atom. The number of nitrogens with one attached hydrogen (secondary N) is 2. The fraction of sp³-hybridized carbons (Fsp3) is 0.190. The number of aliphatic hydroxyl groups excluding tert-OH is 1. The van der Waals surface area contributed by atoms with Crippen molar-refractivity contribution in [1.82, 2.24) is 0 Å². The topological polar surface area (TPSA) is 144 Å². The maximum Gasteiger partial charge on any atom is 0.262 e. The molecule has 0 aliphatic rings. The maximum absolute atomic E-state index is 14.6. The summed E-state index contributed by atoms with van der Waals surface area (Å²) in [5, 5.41) is 11.4. The van der Waals surface area contributed by atoms with Gasteiger partial charge >= 0.3 is 0 Å². The Labute approximate surface area is 184 Å². The number of aliphatic hydroxyl groups is 1. The minimum atomic E-state index is -4.21. The van der Waals surface area contributed by atoms with E-state index in [2.05, 4.69) is 10.0 Å². The molecule has 1 heterocycles. The molecule has 1 amide bonds. The van der Waals surface area contributed by atoms with E-state index in [1.165, 1.54) is 37.4 Å². The average molecular weight is 463 g/mol. The van der Waals surface area contributed by atoms with Crippen LogP contribution >= 0.6 is 0 Å². The number of hydrogen-bond acceptors (Lipinski definition) is 7. The van der Waals surface area contributed by atoms with Crippen LogP contribution in [0.3, 0.4) is 0 Å². The van der Waals surface area contributed by atoms with Crippen molar-refractivity contribution in [2.75, 3.05) is 23.8 Å². The van der Waals surface area contributed by atoms with Gasteiger partial charge in [0.25, 0.3) is 10.0 Å². The van der Waals surface area contributed by atoms with Gasteiger partial charge < -0.3 is 25.3 Å². The zero-order valence-corrected chi connectivity index (χ0v) is 18.1. The lowest BCUT2D eigenvalue weighted by Gasteiger charge is -2.15. The lowest BCUT2D eigenvalue weighted by atomic mass is 10.1. The van der Waals surface area contributed by atoms with E-state index in [1.54, 1.807) is 19.1 Å². The van der Waals surface area contributed by atoms with Crippen molar-refractivity contribution in [3.63, 3.8) is 0 Å². The molecule has 0 aliphatic carbocycles. The van der Waals surface area contributed by atoms with Gasteiger partial charge in [0.05, 0.1) is 29.9 Å². The molecule has 0 spiro atoms. The normalized spacial score (nSPS) is 12.3. The van der Waals surface area contributed by atoms with Crippen molar-refractivity contribution in [2.24, 2.45) is 5.73 Å². The predicted octanol–water partition coefficient (Wildman–Crippen LogP) is 2.46. The van der Waals surface area contributed by atoms with Gasteiger partial charge in [-0.15, -0.1) is 0 Å². The van der Waals surface area contributed by atoms with Gasteiger partial charge in [-0.1, -0.05) is 0 Å². The van der Waals surface area contributed by atoms with Crippen molar-refractivity contribution < 1.29 is 31.9 Å². The molecule has 0 fully saturated rings. The number of carbonyl (C=O) groups excluding carboxylic acids is 1. The average Bonchev–Trinajstić information content (AvgIpc) is 3.18. The van der Waals surface area contributed by atoms with Gasteiger partial charge in [0.15, 0.2) is 0 Å². The first-order valence-electron chi connectivity index (χ1n) is 9.39. The summed E-state index contributed by atoms with van der Waals surface area (Å²) < 4.78 is 53.2. The third kappa shape index (κ3) is 5.07. The van der Waals surface area contributed by atoms with Gasteiger partial charge in [-0.2, -0.15) is 0 Å². The van der Waals surface area contributed by atoms with E-state index in [9.17, 15) is 17.6 Å². The number of halogens is 1. The molecule has 1 atom stereocenters. The van der Waals surface area contributed by atoms with Crippen LogP contribution in [0.4, 0.5) is 15.8 Å². The number of hydrogen-bond donors (Lipinski definition) is 4. The number of furan rings is 1. The lowest BCUT2D eigenvalue weighted by molar-refractivity contribution is -0.118. The molecule has 32 heavy (non-hydrogen) atoms. The second-order valence-electron chi connectivity index (χ2n) is 6.85. The maximum atomic E-state index is 14.6. The monoisotopic (exact) mass is 463 g/mol. The molecule has 11 heteroatoms. The number of benzene rings is 2. The van der Waals surface area contributed by atoms with Gasteiger partial charge in [-0.3, -0.25) is 9.52 Å². The Balaban J connectivity index is 1.89. The first-order valence-corrected chi connectivity index (χ1v) is 10.9. The summed E-state index contributed by atoms with van der Waals surface area (Å²) in [6.45, 7) is 1.16. The Morgan fingerprint density at radius 1 is 1.22 bits per heavy atom. The quantitative estimate of drug-likeness (QED) is 0.402. The number of carbonyl (C=O) groups is 1. The van der Waals surface area contributed by atoms with Gasteiger partial charge in [-0.25, -0.2) is 12.8 Å². The predicted molar refractivity (Wildman–Crippen MR) is 116 cm³/mol. The highest BCUT2D eigenvalue weighted by molar-refractivity contribution is 7.92. The molecular weight excluding hydrogens is 441 g/mol. The summed E-state index contributed by atoms with van der Waals surface area (Å²) in [5.74, 6) is -0.383. The van der Waals surface area contributed by atoms with E-state index in [0.29, 0.717) is 5.76 Å². The van der Waals surface area contributed by atoms with E-state index in [-0.39, 0.29) is 33.3 Å². The van der Waals surface area contributed by atoms with Gasteiger partial charge in [0.2, 0.25) is 5.91 Å². The number of amides is 1. The summed E-state index contributed by atoms with van der Waals surface area (Å²) in [6.07, 6.45) is 0. The number of methoxy groups -OCH3 is 1. The Morgan fingerprint density at radius 3 is 2.56 bits per heavy atom. The highest BCUT2D eigenvalue weighted by Crippen LogP contribution is 2.31. The van der Waals surface area contributed by atoms with Crippen molar-refractivity contribution in [3.05, 3.63) is 60.1 Å². The van der Waals surface area contributed by atoms with Crippen molar-refractivity contribution in [2.45, 2.75) is 17.9 Å². The summed E-state index contributed by atoms with van der Waals surface area (Å²) in [6, 6.07) is 9.78. The van der Waals surface area contributed by atoms with Crippen molar-refractivity contribution in [1.29, 1.82) is 0 Å². The van der Waals surface area contributed by atoms with Gasteiger partial charge in [-0.05, 0) is 55.5 Å². The molecule has 5 N–H and O–H groups in total. The van der Waals surface area contributed by atoms with Gasteiger partial charge in [0, 0.05) is 5.69 Å². The number of ether oxygens (including phenoxy) is 1. The molecule has 0 bridgehead atoms. The minimum Gasteiger partial charge on any atom is -0.495 e. The summed E-state index contributed by atoms with van der Waals surface area (Å²) in [5.41, 5.74) is 5.81. The van der Waals surface area contributed by atoms with Gasteiger partial charge in [0.1, 0.15) is 29.1 Å². The number of sulfonamides is 1. The molecule has 1 aromatic heterocycles. The Hall–Kier alpha value is -3.41. The Kier molecular flexibility index (Phi) is 6.82.